The zero-order chi connectivity index (χ0) is 18.5. The van der Waals surface area contributed by atoms with Crippen LogP contribution in [0.25, 0.3) is 0 Å². The molecule has 26 heavy (non-hydrogen) atoms. The van der Waals surface area contributed by atoms with E-state index in [1.165, 1.54) is 18.2 Å². The van der Waals surface area contributed by atoms with Crippen LogP contribution in [0, 0.1) is 17.5 Å². The number of benzene rings is 2. The normalized spacial score (nSPS) is 16.2. The van der Waals surface area contributed by atoms with E-state index in [2.05, 4.69) is 5.32 Å². The topological polar surface area (TPSA) is 47.6 Å². The maximum Gasteiger partial charge on any atom is 0.223 e. The molecule has 0 aromatic heterocycles. The van der Waals surface area contributed by atoms with Crippen LogP contribution < -0.4 is 14.8 Å². The summed E-state index contributed by atoms with van der Waals surface area (Å²) in [7, 11) is 0. The third-order valence-corrected chi connectivity index (χ3v) is 4.06. The van der Waals surface area contributed by atoms with E-state index in [1.54, 1.807) is 6.07 Å². The van der Waals surface area contributed by atoms with Crippen LogP contribution in [0.5, 0.6) is 11.5 Å². The van der Waals surface area contributed by atoms with Gasteiger partial charge in [0.2, 0.25) is 5.91 Å². The van der Waals surface area contributed by atoms with Gasteiger partial charge in [0.25, 0.3) is 0 Å². The summed E-state index contributed by atoms with van der Waals surface area (Å²) in [4.78, 5) is 12.2. The van der Waals surface area contributed by atoms with Crippen molar-refractivity contribution in [1.82, 2.24) is 5.32 Å². The summed E-state index contributed by atoms with van der Waals surface area (Å²) in [5.41, 5.74) is 0.598. The number of carbonyl (C=O) groups is 1. The van der Waals surface area contributed by atoms with Crippen LogP contribution in [0.2, 0.25) is 0 Å². The molecule has 2 aromatic rings. The van der Waals surface area contributed by atoms with Crippen molar-refractivity contribution in [3.63, 3.8) is 0 Å². The Morgan fingerprint density at radius 1 is 1.15 bits per heavy atom. The summed E-state index contributed by atoms with van der Waals surface area (Å²) in [6.45, 7) is 0.436. The first-order valence-corrected chi connectivity index (χ1v) is 8.32. The molecule has 138 valence electrons. The van der Waals surface area contributed by atoms with Crippen LogP contribution in [0.1, 0.15) is 30.9 Å². The fourth-order valence-electron chi connectivity index (χ4n) is 2.81. The minimum atomic E-state index is -0.823. The van der Waals surface area contributed by atoms with Gasteiger partial charge in [-0.1, -0.05) is 0 Å². The molecule has 3 rings (SSSR count). The average Bonchev–Trinajstić information content (AvgIpc) is 2.79. The number of amides is 1. The van der Waals surface area contributed by atoms with Crippen molar-refractivity contribution in [2.24, 2.45) is 0 Å². The third kappa shape index (κ3) is 4.47. The van der Waals surface area contributed by atoms with Gasteiger partial charge in [-0.2, -0.15) is 0 Å². The largest absolute Gasteiger partial charge is 0.493 e. The van der Waals surface area contributed by atoms with Crippen molar-refractivity contribution in [3.05, 3.63) is 59.4 Å². The van der Waals surface area contributed by atoms with E-state index in [0.717, 1.165) is 12.5 Å². The lowest BCUT2D eigenvalue weighted by Gasteiger charge is -2.18. The van der Waals surface area contributed by atoms with Gasteiger partial charge in [0.15, 0.2) is 11.6 Å². The summed E-state index contributed by atoms with van der Waals surface area (Å²) in [5.74, 6) is -1.80. The van der Waals surface area contributed by atoms with Crippen molar-refractivity contribution in [2.75, 3.05) is 13.2 Å². The second-order valence-electron chi connectivity index (χ2n) is 5.97. The summed E-state index contributed by atoms with van der Waals surface area (Å²) >= 11 is 0. The Hall–Kier alpha value is -2.70. The highest BCUT2D eigenvalue weighted by atomic mass is 19.1. The molecule has 2 aromatic carbocycles. The monoisotopic (exact) mass is 365 g/mol. The van der Waals surface area contributed by atoms with E-state index in [1.807, 2.05) is 0 Å². The Kier molecular flexibility index (Phi) is 5.65. The molecule has 1 N–H and O–H groups in total. The van der Waals surface area contributed by atoms with Gasteiger partial charge in [-0.25, -0.2) is 13.2 Å². The average molecular weight is 365 g/mol. The van der Waals surface area contributed by atoms with E-state index in [-0.39, 0.29) is 30.7 Å². The van der Waals surface area contributed by atoms with Crippen LogP contribution in [0.4, 0.5) is 13.2 Å². The quantitative estimate of drug-likeness (QED) is 0.874. The SMILES string of the molecule is O=C(CCOc1ccc(F)cc1F)NC1CCCOc2ccc(F)cc21. The molecule has 1 atom stereocenters. The Morgan fingerprint density at radius 3 is 2.73 bits per heavy atom. The summed E-state index contributed by atoms with van der Waals surface area (Å²) in [5, 5.41) is 2.83. The lowest BCUT2D eigenvalue weighted by molar-refractivity contribution is -0.122. The Morgan fingerprint density at radius 2 is 1.92 bits per heavy atom. The lowest BCUT2D eigenvalue weighted by Crippen LogP contribution is -2.29. The van der Waals surface area contributed by atoms with Crippen LogP contribution >= 0.6 is 0 Å². The smallest absolute Gasteiger partial charge is 0.223 e. The van der Waals surface area contributed by atoms with Crippen molar-refractivity contribution in [2.45, 2.75) is 25.3 Å². The highest BCUT2D eigenvalue weighted by Gasteiger charge is 2.22. The molecule has 0 aliphatic carbocycles. The second-order valence-corrected chi connectivity index (χ2v) is 5.97. The van der Waals surface area contributed by atoms with Crippen LogP contribution in [0.15, 0.2) is 36.4 Å². The molecule has 4 nitrogen and oxygen atoms in total. The van der Waals surface area contributed by atoms with Crippen LogP contribution in [0.3, 0.4) is 0 Å². The van der Waals surface area contributed by atoms with E-state index < -0.39 is 17.5 Å². The zero-order valence-corrected chi connectivity index (χ0v) is 13.9. The Bertz CT molecular complexity index is 798. The molecule has 0 saturated carbocycles. The standard InChI is InChI=1S/C19H18F3NO3/c20-12-3-5-17-14(10-12)16(2-1-8-25-17)23-19(24)7-9-26-18-6-4-13(21)11-15(18)22/h3-6,10-11,16H,1-2,7-9H2,(H,23,24). The maximum absolute atomic E-state index is 13.5. The molecule has 0 bridgehead atoms. The number of ether oxygens (including phenoxy) is 2. The molecule has 0 radical (unpaired) electrons. The zero-order valence-electron chi connectivity index (χ0n) is 13.9. The van der Waals surface area contributed by atoms with Gasteiger partial charge in [0.1, 0.15) is 17.4 Å². The van der Waals surface area contributed by atoms with Crippen LogP contribution in [-0.2, 0) is 4.79 Å². The van der Waals surface area contributed by atoms with Crippen molar-refractivity contribution in [1.29, 1.82) is 0 Å². The summed E-state index contributed by atoms with van der Waals surface area (Å²) < 4.78 is 50.6. The molecular formula is C19H18F3NO3. The number of nitrogens with one attached hydrogen (secondary N) is 1. The molecule has 7 heteroatoms. The number of carbonyl (C=O) groups excluding carboxylic acids is 1. The minimum Gasteiger partial charge on any atom is -0.493 e. The number of halogens is 3. The first-order chi connectivity index (χ1) is 12.5. The molecule has 1 amide bonds. The fourth-order valence-corrected chi connectivity index (χ4v) is 2.81. The fraction of sp³-hybridized carbons (Fsp3) is 0.316. The van der Waals surface area contributed by atoms with Gasteiger partial charge in [0, 0.05) is 11.6 Å². The molecular weight excluding hydrogens is 347 g/mol. The van der Waals surface area contributed by atoms with E-state index in [4.69, 9.17) is 9.47 Å². The predicted octanol–water partition coefficient (Wildman–Crippen LogP) is 3.90. The van der Waals surface area contributed by atoms with Gasteiger partial charge in [0.05, 0.1) is 25.7 Å². The van der Waals surface area contributed by atoms with Crippen LogP contribution in [-0.4, -0.2) is 19.1 Å². The van der Waals surface area contributed by atoms with Gasteiger partial charge in [-0.3, -0.25) is 4.79 Å². The van der Waals surface area contributed by atoms with Crippen molar-refractivity contribution >= 4 is 5.91 Å². The Balaban J connectivity index is 1.57. The third-order valence-electron chi connectivity index (χ3n) is 4.06. The second kappa shape index (κ2) is 8.12. The van der Waals surface area contributed by atoms with E-state index >= 15 is 0 Å². The molecule has 1 unspecified atom stereocenters. The first kappa shape index (κ1) is 18.1. The van der Waals surface area contributed by atoms with E-state index in [9.17, 15) is 18.0 Å². The number of hydrogen-bond donors (Lipinski definition) is 1. The molecule has 1 heterocycles. The van der Waals surface area contributed by atoms with Gasteiger partial charge >= 0.3 is 0 Å². The summed E-state index contributed by atoms with van der Waals surface area (Å²) in [6, 6.07) is 6.82. The predicted molar refractivity (Wildman–Crippen MR) is 88.5 cm³/mol. The number of hydrogen-bond acceptors (Lipinski definition) is 3. The maximum atomic E-state index is 13.5. The summed E-state index contributed by atoms with van der Waals surface area (Å²) in [6.07, 6.45) is 1.33. The highest BCUT2D eigenvalue weighted by Crippen LogP contribution is 2.32. The van der Waals surface area contributed by atoms with Gasteiger partial charge in [-0.05, 0) is 43.2 Å². The van der Waals surface area contributed by atoms with Gasteiger partial charge in [-0.15, -0.1) is 0 Å². The van der Waals surface area contributed by atoms with E-state index in [0.29, 0.717) is 30.4 Å². The molecule has 0 spiro atoms. The van der Waals surface area contributed by atoms with Gasteiger partial charge < -0.3 is 14.8 Å². The first-order valence-electron chi connectivity index (χ1n) is 8.32. The molecule has 1 aliphatic heterocycles. The Labute approximate surface area is 148 Å². The molecule has 1 aliphatic rings. The minimum absolute atomic E-state index is 0.0151. The lowest BCUT2D eigenvalue weighted by atomic mass is 10.0. The van der Waals surface area contributed by atoms with Crippen molar-refractivity contribution in [3.8, 4) is 11.5 Å². The number of fused-ring (bicyclic) bond motifs is 1. The molecule has 0 saturated heterocycles. The number of rotatable bonds is 5. The highest BCUT2D eigenvalue weighted by molar-refractivity contribution is 5.76. The molecule has 0 fully saturated rings. The van der Waals surface area contributed by atoms with Crippen molar-refractivity contribution < 1.29 is 27.4 Å².